The molecule has 2 aromatic carbocycles. The first kappa shape index (κ1) is 15.2. The summed E-state index contributed by atoms with van der Waals surface area (Å²) in [4.78, 5) is 15.0. The first-order valence-electron chi connectivity index (χ1n) is 7.07. The topological polar surface area (TPSA) is 68.1 Å². The number of anilines is 2. The maximum Gasteiger partial charge on any atom is 0.271 e. The average molecular weight is 325 g/mol. The van der Waals surface area contributed by atoms with Crippen LogP contribution >= 0.6 is 11.3 Å². The summed E-state index contributed by atoms with van der Waals surface area (Å²) in [7, 11) is 0. The van der Waals surface area contributed by atoms with Crippen molar-refractivity contribution in [3.05, 3.63) is 69.1 Å². The molecular weight excluding hydrogens is 310 g/mol. The van der Waals surface area contributed by atoms with E-state index in [-0.39, 0.29) is 5.69 Å². The second-order valence-corrected chi connectivity index (χ2v) is 6.15. The zero-order chi connectivity index (χ0) is 16.4. The molecule has 0 atom stereocenters. The molecule has 0 amide bonds. The van der Waals surface area contributed by atoms with Crippen molar-refractivity contribution in [2.45, 2.75) is 13.8 Å². The van der Waals surface area contributed by atoms with E-state index in [0.29, 0.717) is 10.8 Å². The van der Waals surface area contributed by atoms with Gasteiger partial charge in [-0.25, -0.2) is 4.98 Å². The van der Waals surface area contributed by atoms with Gasteiger partial charge in [-0.1, -0.05) is 23.8 Å². The highest BCUT2D eigenvalue weighted by Gasteiger charge is 2.10. The Morgan fingerprint density at radius 1 is 1.17 bits per heavy atom. The first-order chi connectivity index (χ1) is 11.0. The molecule has 0 unspecified atom stereocenters. The highest BCUT2D eigenvalue weighted by Crippen LogP contribution is 2.30. The second kappa shape index (κ2) is 6.18. The Kier molecular flexibility index (Phi) is 4.08. The standard InChI is InChI=1S/C17H15N3O2S/c1-11-6-7-12(2)15(8-11)16-10-23-17(19-16)18-13-4-3-5-14(9-13)20(21)22/h3-10H,1-2H3,(H,18,19). The summed E-state index contributed by atoms with van der Waals surface area (Å²) in [5.41, 5.74) is 5.08. The molecule has 0 radical (unpaired) electrons. The predicted octanol–water partition coefficient (Wildman–Crippen LogP) is 5.08. The number of thiazole rings is 1. The third-order valence-corrected chi connectivity index (χ3v) is 4.24. The summed E-state index contributed by atoms with van der Waals surface area (Å²) >= 11 is 1.48. The van der Waals surface area contributed by atoms with Gasteiger partial charge in [0.15, 0.2) is 5.13 Å². The fraction of sp³-hybridized carbons (Fsp3) is 0.118. The molecule has 0 saturated heterocycles. The Bertz CT molecular complexity index is 874. The van der Waals surface area contributed by atoms with Crippen molar-refractivity contribution in [1.29, 1.82) is 0 Å². The largest absolute Gasteiger partial charge is 0.331 e. The van der Waals surface area contributed by atoms with Gasteiger partial charge >= 0.3 is 0 Å². The van der Waals surface area contributed by atoms with Crippen molar-refractivity contribution in [2.75, 3.05) is 5.32 Å². The van der Waals surface area contributed by atoms with Crippen LogP contribution < -0.4 is 5.32 Å². The van der Waals surface area contributed by atoms with Crippen LogP contribution in [0.15, 0.2) is 47.8 Å². The average Bonchev–Trinajstić information content (AvgIpc) is 2.98. The third kappa shape index (κ3) is 3.37. The number of nitro groups is 1. The molecule has 0 aliphatic carbocycles. The molecule has 0 aliphatic heterocycles. The Balaban J connectivity index is 1.86. The summed E-state index contributed by atoms with van der Waals surface area (Å²) in [5.74, 6) is 0. The molecule has 0 fully saturated rings. The zero-order valence-corrected chi connectivity index (χ0v) is 13.6. The smallest absolute Gasteiger partial charge is 0.271 e. The van der Waals surface area contributed by atoms with E-state index in [1.54, 1.807) is 12.1 Å². The molecule has 5 nitrogen and oxygen atoms in total. The molecule has 0 spiro atoms. The number of hydrogen-bond donors (Lipinski definition) is 1. The fourth-order valence-electron chi connectivity index (χ4n) is 2.29. The number of nitro benzene ring substituents is 1. The van der Waals surface area contributed by atoms with Crippen LogP contribution in [0.1, 0.15) is 11.1 Å². The Hall–Kier alpha value is -2.73. The number of aryl methyl sites for hydroxylation is 2. The molecule has 6 heteroatoms. The van der Waals surface area contributed by atoms with E-state index in [9.17, 15) is 10.1 Å². The normalized spacial score (nSPS) is 10.5. The van der Waals surface area contributed by atoms with Crippen LogP contribution in [0.5, 0.6) is 0 Å². The van der Waals surface area contributed by atoms with Gasteiger partial charge in [-0.05, 0) is 31.5 Å². The molecule has 1 heterocycles. The SMILES string of the molecule is Cc1ccc(C)c(-c2csc(Nc3cccc([N+](=O)[O-])c3)n2)c1. The van der Waals surface area contributed by atoms with Crippen molar-refractivity contribution < 1.29 is 4.92 Å². The lowest BCUT2D eigenvalue weighted by molar-refractivity contribution is -0.384. The van der Waals surface area contributed by atoms with Crippen molar-refractivity contribution >= 4 is 27.8 Å². The molecule has 0 saturated carbocycles. The van der Waals surface area contributed by atoms with Crippen LogP contribution in [0.3, 0.4) is 0 Å². The quantitative estimate of drug-likeness (QED) is 0.536. The molecule has 116 valence electrons. The number of hydrogen-bond acceptors (Lipinski definition) is 5. The summed E-state index contributed by atoms with van der Waals surface area (Å²) in [6.07, 6.45) is 0. The van der Waals surface area contributed by atoms with Crippen molar-refractivity contribution in [2.24, 2.45) is 0 Å². The van der Waals surface area contributed by atoms with E-state index in [0.717, 1.165) is 11.3 Å². The van der Waals surface area contributed by atoms with Gasteiger partial charge < -0.3 is 5.32 Å². The number of benzene rings is 2. The van der Waals surface area contributed by atoms with Gasteiger partial charge in [-0.2, -0.15) is 0 Å². The number of non-ortho nitro benzene ring substituents is 1. The summed E-state index contributed by atoms with van der Waals surface area (Å²) < 4.78 is 0. The Morgan fingerprint density at radius 3 is 2.78 bits per heavy atom. The van der Waals surface area contributed by atoms with Gasteiger partial charge in [0.05, 0.1) is 10.6 Å². The lowest BCUT2D eigenvalue weighted by Crippen LogP contribution is -1.93. The van der Waals surface area contributed by atoms with Gasteiger partial charge in [0.2, 0.25) is 0 Å². The summed E-state index contributed by atoms with van der Waals surface area (Å²) in [6, 6.07) is 12.7. The molecule has 1 aromatic heterocycles. The molecule has 23 heavy (non-hydrogen) atoms. The van der Waals surface area contributed by atoms with E-state index in [1.165, 1.54) is 34.6 Å². The van der Waals surface area contributed by atoms with Gasteiger partial charge in [0.25, 0.3) is 5.69 Å². The second-order valence-electron chi connectivity index (χ2n) is 5.29. The maximum atomic E-state index is 10.8. The maximum absolute atomic E-state index is 10.8. The molecule has 3 rings (SSSR count). The van der Waals surface area contributed by atoms with Crippen LogP contribution in [-0.2, 0) is 0 Å². The van der Waals surface area contributed by atoms with Crippen LogP contribution in [0.2, 0.25) is 0 Å². The minimum Gasteiger partial charge on any atom is -0.331 e. The van der Waals surface area contributed by atoms with Gasteiger partial charge in [-0.3, -0.25) is 10.1 Å². The minimum absolute atomic E-state index is 0.0568. The number of nitrogens with one attached hydrogen (secondary N) is 1. The highest BCUT2D eigenvalue weighted by molar-refractivity contribution is 7.14. The fourth-order valence-corrected chi connectivity index (χ4v) is 3.02. The van der Waals surface area contributed by atoms with E-state index in [4.69, 9.17) is 0 Å². The van der Waals surface area contributed by atoms with E-state index < -0.39 is 4.92 Å². The van der Waals surface area contributed by atoms with Crippen LogP contribution in [0.25, 0.3) is 11.3 Å². The van der Waals surface area contributed by atoms with Crippen LogP contribution in [0.4, 0.5) is 16.5 Å². The highest BCUT2D eigenvalue weighted by atomic mass is 32.1. The molecule has 1 N–H and O–H groups in total. The minimum atomic E-state index is -0.408. The Morgan fingerprint density at radius 2 is 2.00 bits per heavy atom. The third-order valence-electron chi connectivity index (χ3n) is 3.48. The first-order valence-corrected chi connectivity index (χ1v) is 7.95. The summed E-state index contributed by atoms with van der Waals surface area (Å²) in [5, 5.41) is 16.7. The monoisotopic (exact) mass is 325 g/mol. The van der Waals surface area contributed by atoms with Crippen LogP contribution in [0, 0.1) is 24.0 Å². The van der Waals surface area contributed by atoms with Gasteiger partial charge in [0.1, 0.15) is 0 Å². The van der Waals surface area contributed by atoms with Crippen molar-refractivity contribution in [3.63, 3.8) is 0 Å². The molecular formula is C17H15N3O2S. The number of nitrogens with zero attached hydrogens (tertiary/aromatic N) is 2. The van der Waals surface area contributed by atoms with Crippen molar-refractivity contribution in [1.82, 2.24) is 4.98 Å². The molecule has 0 bridgehead atoms. The van der Waals surface area contributed by atoms with Crippen LogP contribution in [-0.4, -0.2) is 9.91 Å². The van der Waals surface area contributed by atoms with Gasteiger partial charge in [0, 0.05) is 28.8 Å². The number of aromatic nitrogens is 1. The van der Waals surface area contributed by atoms with E-state index in [2.05, 4.69) is 42.3 Å². The van der Waals surface area contributed by atoms with E-state index >= 15 is 0 Å². The Labute approximate surface area is 137 Å². The molecule has 0 aliphatic rings. The zero-order valence-electron chi connectivity index (χ0n) is 12.7. The van der Waals surface area contributed by atoms with Gasteiger partial charge in [-0.15, -0.1) is 11.3 Å². The molecule has 3 aromatic rings. The van der Waals surface area contributed by atoms with E-state index in [1.807, 2.05) is 5.38 Å². The lowest BCUT2D eigenvalue weighted by Gasteiger charge is -2.04. The lowest BCUT2D eigenvalue weighted by atomic mass is 10.0. The number of rotatable bonds is 4. The predicted molar refractivity (Wildman–Crippen MR) is 93.4 cm³/mol. The summed E-state index contributed by atoms with van der Waals surface area (Å²) in [6.45, 7) is 4.11. The van der Waals surface area contributed by atoms with Crippen molar-refractivity contribution in [3.8, 4) is 11.3 Å².